The molecule has 1 unspecified atom stereocenters. The van der Waals surface area contributed by atoms with Crippen molar-refractivity contribution in [1.82, 2.24) is 10.2 Å². The fraction of sp³-hybridized carbons (Fsp3) is 0.158. The van der Waals surface area contributed by atoms with Gasteiger partial charge in [0.25, 0.3) is 0 Å². The third-order valence-electron chi connectivity index (χ3n) is 4.40. The van der Waals surface area contributed by atoms with E-state index < -0.39 is 10.0 Å². The Bertz CT molecular complexity index is 1300. The van der Waals surface area contributed by atoms with Gasteiger partial charge in [-0.15, -0.1) is 22.0 Å². The smallest absolute Gasteiger partial charge is 0.240 e. The van der Waals surface area contributed by atoms with Crippen molar-refractivity contribution in [3.63, 3.8) is 0 Å². The number of sulfonamides is 1. The van der Waals surface area contributed by atoms with Crippen molar-refractivity contribution in [2.24, 2.45) is 5.14 Å². The highest BCUT2D eigenvalue weighted by molar-refractivity contribution is 8.01. The molecule has 0 aliphatic carbocycles. The van der Waals surface area contributed by atoms with Crippen molar-refractivity contribution < 1.29 is 18.0 Å². The van der Waals surface area contributed by atoms with Gasteiger partial charge >= 0.3 is 0 Å². The molecule has 9 nitrogen and oxygen atoms in total. The molecule has 1 fully saturated rings. The predicted molar refractivity (Wildman–Crippen MR) is 131 cm³/mol. The first kappa shape index (κ1) is 24.0. The Morgan fingerprint density at radius 2 is 2.00 bits per heavy atom. The van der Waals surface area contributed by atoms with Gasteiger partial charge in [-0.1, -0.05) is 46.8 Å². The molecule has 2 heterocycles. The van der Waals surface area contributed by atoms with Gasteiger partial charge in [-0.25, -0.2) is 13.6 Å². The molecule has 1 aliphatic rings. The largest absolute Gasteiger partial charge is 0.325 e. The topological polar surface area (TPSA) is 135 Å². The van der Waals surface area contributed by atoms with Crippen LogP contribution in [0.15, 0.2) is 57.8 Å². The van der Waals surface area contributed by atoms with Crippen molar-refractivity contribution in [3.8, 4) is 0 Å². The molecule has 2 aromatic carbocycles. The number of benzene rings is 2. The lowest BCUT2D eigenvalue weighted by atomic mass is 10.2. The summed E-state index contributed by atoms with van der Waals surface area (Å²) in [6.45, 7) is 0. The van der Waals surface area contributed by atoms with Crippen molar-refractivity contribution in [2.75, 3.05) is 21.7 Å². The van der Waals surface area contributed by atoms with Gasteiger partial charge in [-0.3, -0.25) is 14.5 Å². The Balaban J connectivity index is 1.38. The number of nitrogens with zero attached hydrogens (tertiary/aromatic N) is 3. The zero-order valence-electron chi connectivity index (χ0n) is 16.7. The fourth-order valence-corrected chi connectivity index (χ4v) is 6.56. The number of rotatable bonds is 7. The van der Waals surface area contributed by atoms with Crippen LogP contribution in [0.4, 0.5) is 10.8 Å². The monoisotopic (exact) mass is 541 g/mol. The second-order valence-electron chi connectivity index (χ2n) is 6.74. The van der Waals surface area contributed by atoms with E-state index in [-0.39, 0.29) is 27.8 Å². The highest BCUT2D eigenvalue weighted by Crippen LogP contribution is 2.43. The molecule has 1 saturated heterocycles. The van der Waals surface area contributed by atoms with E-state index in [9.17, 15) is 18.0 Å². The lowest BCUT2D eigenvalue weighted by Crippen LogP contribution is -2.27. The predicted octanol–water partition coefficient (Wildman–Crippen LogP) is 3.35. The minimum atomic E-state index is -3.79. The molecule has 4 rings (SSSR count). The van der Waals surface area contributed by atoms with Crippen LogP contribution in [0.5, 0.6) is 0 Å². The molecule has 33 heavy (non-hydrogen) atoms. The zero-order chi connectivity index (χ0) is 23.6. The van der Waals surface area contributed by atoms with Gasteiger partial charge < -0.3 is 5.32 Å². The van der Waals surface area contributed by atoms with E-state index in [4.69, 9.17) is 16.7 Å². The molecule has 172 valence electrons. The third kappa shape index (κ3) is 5.86. The Morgan fingerprint density at radius 3 is 2.70 bits per heavy atom. The standard InChI is InChI=1S/C19H16ClN5O4S4/c20-12-3-1-2-11(8-12)17-25(16(27)10-30-17)18-23-24-19(32-18)31-9-15(26)22-13-4-6-14(7-5-13)33(21,28)29/h1-8,17H,9-10H2,(H,22,26)(H2,21,28,29). The normalized spacial score (nSPS) is 16.2. The Labute approximate surface area is 207 Å². The highest BCUT2D eigenvalue weighted by atomic mass is 35.5. The summed E-state index contributed by atoms with van der Waals surface area (Å²) in [5.41, 5.74) is 1.34. The van der Waals surface area contributed by atoms with E-state index in [1.165, 1.54) is 59.1 Å². The molecule has 0 saturated carbocycles. The first-order valence-corrected chi connectivity index (χ1v) is 14.1. The van der Waals surface area contributed by atoms with Crippen LogP contribution in [-0.2, 0) is 19.6 Å². The highest BCUT2D eigenvalue weighted by Gasteiger charge is 2.36. The maximum Gasteiger partial charge on any atom is 0.240 e. The summed E-state index contributed by atoms with van der Waals surface area (Å²) in [6.07, 6.45) is 0. The maximum atomic E-state index is 12.5. The summed E-state index contributed by atoms with van der Waals surface area (Å²) in [5.74, 6) is 0.0146. The second kappa shape index (κ2) is 9.99. The second-order valence-corrected chi connectivity index (χ2v) is 12.0. The summed E-state index contributed by atoms with van der Waals surface area (Å²) in [4.78, 5) is 26.3. The number of halogens is 1. The number of nitrogens with one attached hydrogen (secondary N) is 1. The molecular weight excluding hydrogens is 526 g/mol. The Kier molecular flexibility index (Phi) is 7.26. The number of thioether (sulfide) groups is 2. The van der Waals surface area contributed by atoms with Crippen LogP contribution < -0.4 is 15.4 Å². The maximum absolute atomic E-state index is 12.5. The summed E-state index contributed by atoms with van der Waals surface area (Å²) < 4.78 is 23.1. The van der Waals surface area contributed by atoms with E-state index in [0.717, 1.165) is 5.56 Å². The molecule has 1 aliphatic heterocycles. The number of carbonyl (C=O) groups excluding carboxylic acids is 2. The van der Waals surface area contributed by atoms with Crippen LogP contribution in [0.2, 0.25) is 5.02 Å². The molecule has 1 atom stereocenters. The van der Waals surface area contributed by atoms with E-state index in [2.05, 4.69) is 15.5 Å². The molecule has 2 amide bonds. The van der Waals surface area contributed by atoms with E-state index in [0.29, 0.717) is 25.9 Å². The number of carbonyl (C=O) groups is 2. The molecule has 3 N–H and O–H groups in total. The molecular formula is C19H16ClN5O4S4. The Hall–Kier alpha value is -2.16. The summed E-state index contributed by atoms with van der Waals surface area (Å²) >= 11 is 10.0. The average Bonchev–Trinajstić information content (AvgIpc) is 3.38. The zero-order valence-corrected chi connectivity index (χ0v) is 20.7. The van der Waals surface area contributed by atoms with Gasteiger partial charge in [0.15, 0.2) is 4.34 Å². The van der Waals surface area contributed by atoms with Gasteiger partial charge in [0.2, 0.25) is 27.0 Å². The number of primary sulfonamides is 1. The number of nitrogens with two attached hydrogens (primary N) is 1. The van der Waals surface area contributed by atoms with Crippen LogP contribution in [-0.4, -0.2) is 41.9 Å². The molecule has 0 spiro atoms. The lowest BCUT2D eigenvalue weighted by molar-refractivity contribution is -0.116. The van der Waals surface area contributed by atoms with Crippen molar-refractivity contribution in [2.45, 2.75) is 14.6 Å². The van der Waals surface area contributed by atoms with Crippen LogP contribution in [0.25, 0.3) is 0 Å². The van der Waals surface area contributed by atoms with Crippen molar-refractivity contribution in [1.29, 1.82) is 0 Å². The van der Waals surface area contributed by atoms with Crippen LogP contribution >= 0.6 is 46.5 Å². The van der Waals surface area contributed by atoms with Crippen LogP contribution in [0.1, 0.15) is 10.9 Å². The SMILES string of the molecule is NS(=O)(=O)c1ccc(NC(=O)CSc2nnc(N3C(=O)CSC3c3cccc(Cl)c3)s2)cc1. The molecule has 0 radical (unpaired) electrons. The number of aromatic nitrogens is 2. The first-order valence-electron chi connectivity index (χ1n) is 9.29. The number of hydrogen-bond acceptors (Lipinski definition) is 9. The molecule has 1 aromatic heterocycles. The van der Waals surface area contributed by atoms with Gasteiger partial charge in [-0.05, 0) is 42.0 Å². The number of hydrogen-bond donors (Lipinski definition) is 2. The van der Waals surface area contributed by atoms with Crippen LogP contribution in [0, 0.1) is 0 Å². The van der Waals surface area contributed by atoms with E-state index in [1.807, 2.05) is 18.2 Å². The van der Waals surface area contributed by atoms with Crippen LogP contribution in [0.3, 0.4) is 0 Å². The Morgan fingerprint density at radius 1 is 1.24 bits per heavy atom. The summed E-state index contributed by atoms with van der Waals surface area (Å²) in [5, 5.41) is 16.8. The van der Waals surface area contributed by atoms with Gasteiger partial charge in [0.1, 0.15) is 5.37 Å². The summed E-state index contributed by atoms with van der Waals surface area (Å²) in [6, 6.07) is 12.9. The minimum Gasteiger partial charge on any atom is -0.325 e. The van der Waals surface area contributed by atoms with Crippen molar-refractivity contribution in [3.05, 3.63) is 59.1 Å². The molecule has 3 aromatic rings. The quantitative estimate of drug-likeness (QED) is 0.343. The molecule has 0 bridgehead atoms. The molecule has 14 heteroatoms. The number of anilines is 2. The third-order valence-corrected chi connectivity index (χ3v) is 8.83. The minimum absolute atomic E-state index is 0.0398. The van der Waals surface area contributed by atoms with Gasteiger partial charge in [-0.2, -0.15) is 0 Å². The van der Waals surface area contributed by atoms with Gasteiger partial charge in [0, 0.05) is 10.7 Å². The first-order chi connectivity index (χ1) is 15.7. The van der Waals surface area contributed by atoms with Crippen molar-refractivity contribution >= 4 is 79.1 Å². The van der Waals surface area contributed by atoms with E-state index >= 15 is 0 Å². The lowest BCUT2D eigenvalue weighted by Gasteiger charge is -2.21. The summed E-state index contributed by atoms with van der Waals surface area (Å²) in [7, 11) is -3.79. The average molecular weight is 542 g/mol. The van der Waals surface area contributed by atoms with E-state index in [1.54, 1.807) is 11.0 Å². The number of amides is 2. The van der Waals surface area contributed by atoms with Gasteiger partial charge in [0.05, 0.1) is 16.4 Å². The fourth-order valence-electron chi connectivity index (χ4n) is 2.95.